The fraction of sp³-hybridized carbons (Fsp3) is 0. The first kappa shape index (κ1) is 10.3. The summed E-state index contributed by atoms with van der Waals surface area (Å²) in [7, 11) is 0. The van der Waals surface area contributed by atoms with E-state index in [0.717, 1.165) is 0 Å². The van der Waals surface area contributed by atoms with Gasteiger partial charge in [0.2, 0.25) is 0 Å². The van der Waals surface area contributed by atoms with E-state index in [9.17, 15) is 4.79 Å². The molecule has 0 aliphatic heterocycles. The first-order valence-corrected chi connectivity index (χ1v) is 4.37. The zero-order chi connectivity index (χ0) is 10.6. The van der Waals surface area contributed by atoms with Crippen LogP contribution in [0.3, 0.4) is 0 Å². The molecule has 0 bridgehead atoms. The van der Waals surface area contributed by atoms with Gasteiger partial charge in [0.25, 0.3) is 0 Å². The lowest BCUT2D eigenvalue weighted by Crippen LogP contribution is -1.99. The van der Waals surface area contributed by atoms with Gasteiger partial charge in [0.05, 0.1) is 5.56 Å². The second-order valence-electron chi connectivity index (χ2n) is 2.36. The second kappa shape index (κ2) is 4.45. The molecule has 68 valence electrons. The molecule has 0 heterocycles. The quantitative estimate of drug-likeness (QED) is 0.775. The minimum atomic E-state index is -1.06. The zero-order valence-electron chi connectivity index (χ0n) is 6.91. The van der Waals surface area contributed by atoms with Crippen molar-refractivity contribution in [3.05, 3.63) is 33.8 Å². The smallest absolute Gasteiger partial charge is 0.337 e. The third kappa shape index (κ3) is 2.35. The standard InChI is InChI=1S/C10H4BrNO2/c11-8-4-3-7(2-1-5-12)9(6-8)10(13)14/h3-4,6H,(H,13,14). The van der Waals surface area contributed by atoms with E-state index in [1.807, 2.05) is 0 Å². The number of benzene rings is 1. The van der Waals surface area contributed by atoms with Gasteiger partial charge in [-0.3, -0.25) is 0 Å². The SMILES string of the molecule is N#CC#Cc1ccc(Br)cc1C(=O)O. The van der Waals surface area contributed by atoms with E-state index in [4.69, 9.17) is 10.4 Å². The Morgan fingerprint density at radius 2 is 2.21 bits per heavy atom. The predicted octanol–water partition coefficient (Wildman–Crippen LogP) is 2.02. The molecule has 0 spiro atoms. The summed E-state index contributed by atoms with van der Waals surface area (Å²) >= 11 is 3.16. The molecule has 1 aromatic carbocycles. The van der Waals surface area contributed by atoms with Gasteiger partial charge in [0.1, 0.15) is 0 Å². The minimum absolute atomic E-state index is 0.0853. The number of halogens is 1. The van der Waals surface area contributed by atoms with Crippen LogP contribution in [-0.4, -0.2) is 11.1 Å². The van der Waals surface area contributed by atoms with Gasteiger partial charge >= 0.3 is 5.97 Å². The third-order valence-corrected chi connectivity index (χ3v) is 1.96. The summed E-state index contributed by atoms with van der Waals surface area (Å²) in [5.41, 5.74) is 0.421. The van der Waals surface area contributed by atoms with Gasteiger partial charge in [-0.1, -0.05) is 15.9 Å². The van der Waals surface area contributed by atoms with E-state index in [1.165, 1.54) is 6.07 Å². The van der Waals surface area contributed by atoms with E-state index < -0.39 is 5.97 Å². The van der Waals surface area contributed by atoms with Crippen LogP contribution >= 0.6 is 15.9 Å². The highest BCUT2D eigenvalue weighted by atomic mass is 79.9. The molecule has 0 fully saturated rings. The summed E-state index contributed by atoms with van der Waals surface area (Å²) in [6.07, 6.45) is 0. The lowest BCUT2D eigenvalue weighted by Gasteiger charge is -1.98. The van der Waals surface area contributed by atoms with Gasteiger partial charge in [-0.25, -0.2) is 4.79 Å². The molecule has 1 N–H and O–H groups in total. The molecule has 0 aliphatic carbocycles. The fourth-order valence-corrected chi connectivity index (χ4v) is 1.26. The molecule has 0 aliphatic rings. The Morgan fingerprint density at radius 3 is 2.79 bits per heavy atom. The van der Waals surface area contributed by atoms with Crippen molar-refractivity contribution in [1.82, 2.24) is 0 Å². The van der Waals surface area contributed by atoms with E-state index in [0.29, 0.717) is 10.0 Å². The average Bonchev–Trinajstić information content (AvgIpc) is 2.15. The second-order valence-corrected chi connectivity index (χ2v) is 3.27. The van der Waals surface area contributed by atoms with Crippen LogP contribution in [0.15, 0.2) is 22.7 Å². The zero-order valence-corrected chi connectivity index (χ0v) is 8.50. The fourth-order valence-electron chi connectivity index (χ4n) is 0.898. The van der Waals surface area contributed by atoms with Crippen molar-refractivity contribution in [3.63, 3.8) is 0 Å². The molecule has 0 radical (unpaired) electrons. The van der Waals surface area contributed by atoms with Gasteiger partial charge in [-0.05, 0) is 24.1 Å². The first-order chi connectivity index (χ1) is 6.65. The van der Waals surface area contributed by atoms with Crippen molar-refractivity contribution in [2.75, 3.05) is 0 Å². The van der Waals surface area contributed by atoms with E-state index in [-0.39, 0.29) is 5.56 Å². The van der Waals surface area contributed by atoms with Crippen LogP contribution in [-0.2, 0) is 0 Å². The molecule has 1 aromatic rings. The summed E-state index contributed by atoms with van der Waals surface area (Å²) in [5.74, 6) is 3.55. The molecule has 3 nitrogen and oxygen atoms in total. The number of aromatic carboxylic acids is 1. The monoisotopic (exact) mass is 249 g/mol. The average molecular weight is 250 g/mol. The van der Waals surface area contributed by atoms with Crippen LogP contribution in [0, 0.1) is 23.2 Å². The van der Waals surface area contributed by atoms with Crippen LogP contribution in [0.4, 0.5) is 0 Å². The normalized spacial score (nSPS) is 8.29. The van der Waals surface area contributed by atoms with Crippen molar-refractivity contribution in [1.29, 1.82) is 5.26 Å². The number of carbonyl (C=O) groups is 1. The molecule has 0 aromatic heterocycles. The summed E-state index contributed by atoms with van der Waals surface area (Å²) in [4.78, 5) is 10.8. The van der Waals surface area contributed by atoms with Gasteiger partial charge < -0.3 is 5.11 Å². The molecule has 14 heavy (non-hydrogen) atoms. The van der Waals surface area contributed by atoms with Crippen LogP contribution in [0.2, 0.25) is 0 Å². The Morgan fingerprint density at radius 1 is 1.50 bits per heavy atom. The van der Waals surface area contributed by atoms with Crippen molar-refractivity contribution >= 4 is 21.9 Å². The lowest BCUT2D eigenvalue weighted by atomic mass is 10.1. The molecular formula is C10H4BrNO2. The largest absolute Gasteiger partial charge is 0.478 e. The number of hydrogen-bond donors (Lipinski definition) is 1. The molecule has 0 saturated heterocycles. The summed E-state index contributed by atoms with van der Waals surface area (Å²) in [6.45, 7) is 0. The predicted molar refractivity (Wildman–Crippen MR) is 53.6 cm³/mol. The Labute approximate surface area is 89.1 Å². The number of carboxylic acid groups (broad SMARTS) is 1. The maximum absolute atomic E-state index is 10.8. The van der Waals surface area contributed by atoms with Crippen molar-refractivity contribution in [3.8, 4) is 17.9 Å². The number of nitriles is 1. The minimum Gasteiger partial charge on any atom is -0.478 e. The molecule has 0 amide bonds. The third-order valence-electron chi connectivity index (χ3n) is 1.47. The van der Waals surface area contributed by atoms with Gasteiger partial charge in [-0.2, -0.15) is 5.26 Å². The Kier molecular flexibility index (Phi) is 3.28. The highest BCUT2D eigenvalue weighted by Gasteiger charge is 2.08. The lowest BCUT2D eigenvalue weighted by molar-refractivity contribution is 0.0696. The topological polar surface area (TPSA) is 61.1 Å². The highest BCUT2D eigenvalue weighted by Crippen LogP contribution is 2.15. The summed E-state index contributed by atoms with van der Waals surface area (Å²) in [6, 6.07) is 6.31. The van der Waals surface area contributed by atoms with Gasteiger partial charge in [-0.15, -0.1) is 0 Å². The van der Waals surface area contributed by atoms with Crippen LogP contribution < -0.4 is 0 Å². The molecule has 0 saturated carbocycles. The van der Waals surface area contributed by atoms with Gasteiger partial charge in [0.15, 0.2) is 6.07 Å². The van der Waals surface area contributed by atoms with E-state index in [2.05, 4.69) is 27.8 Å². The van der Waals surface area contributed by atoms with E-state index >= 15 is 0 Å². The van der Waals surface area contributed by atoms with Crippen LogP contribution in [0.1, 0.15) is 15.9 Å². The molecule has 1 rings (SSSR count). The Balaban J connectivity index is 3.30. The molecule has 4 heteroatoms. The number of carboxylic acids is 1. The highest BCUT2D eigenvalue weighted by molar-refractivity contribution is 9.10. The van der Waals surface area contributed by atoms with Gasteiger partial charge in [0, 0.05) is 16.0 Å². The van der Waals surface area contributed by atoms with E-state index in [1.54, 1.807) is 18.2 Å². The first-order valence-electron chi connectivity index (χ1n) is 3.58. The van der Waals surface area contributed by atoms with Crippen molar-refractivity contribution < 1.29 is 9.90 Å². The van der Waals surface area contributed by atoms with Crippen LogP contribution in [0.25, 0.3) is 0 Å². The summed E-state index contributed by atoms with van der Waals surface area (Å²) in [5, 5.41) is 17.0. The maximum Gasteiger partial charge on any atom is 0.337 e. The number of nitrogens with zero attached hydrogens (tertiary/aromatic N) is 1. The Hall–Kier alpha value is -1.78. The van der Waals surface area contributed by atoms with Crippen molar-refractivity contribution in [2.45, 2.75) is 0 Å². The van der Waals surface area contributed by atoms with Crippen molar-refractivity contribution in [2.24, 2.45) is 0 Å². The molecule has 0 atom stereocenters. The number of hydrogen-bond acceptors (Lipinski definition) is 2. The maximum atomic E-state index is 10.8. The molecule has 0 unspecified atom stereocenters. The summed E-state index contributed by atoms with van der Waals surface area (Å²) < 4.78 is 0.664. The Bertz CT molecular complexity index is 477. The molecular weight excluding hydrogens is 246 g/mol. The number of rotatable bonds is 1. The van der Waals surface area contributed by atoms with Crippen LogP contribution in [0.5, 0.6) is 0 Å².